The summed E-state index contributed by atoms with van der Waals surface area (Å²) in [7, 11) is 1.78. The molecule has 1 aliphatic rings. The van der Waals surface area contributed by atoms with E-state index >= 15 is 0 Å². The van der Waals surface area contributed by atoms with Gasteiger partial charge in [-0.3, -0.25) is 4.90 Å². The van der Waals surface area contributed by atoms with Gasteiger partial charge in [0.15, 0.2) is 0 Å². The lowest BCUT2D eigenvalue weighted by Crippen LogP contribution is -2.48. The van der Waals surface area contributed by atoms with Gasteiger partial charge in [0.05, 0.1) is 12.6 Å². The second-order valence-corrected chi connectivity index (χ2v) is 8.67. The summed E-state index contributed by atoms with van der Waals surface area (Å²) in [6.45, 7) is 3.40. The quantitative estimate of drug-likeness (QED) is 0.509. The van der Waals surface area contributed by atoms with Crippen LogP contribution in [0.1, 0.15) is 30.0 Å². The van der Waals surface area contributed by atoms with Gasteiger partial charge in [-0.1, -0.05) is 54.1 Å². The highest BCUT2D eigenvalue weighted by atomic mass is 35.5. The number of H-pyrrole nitrogens is 1. The molecule has 1 aromatic heterocycles. The first kappa shape index (κ1) is 22.6. The predicted octanol–water partition coefficient (Wildman–Crippen LogP) is 3.94. The Hall–Kier alpha value is -2.61. The van der Waals surface area contributed by atoms with Gasteiger partial charge in [-0.15, -0.1) is 5.10 Å². The number of nitrogens with zero attached hydrogens (tertiary/aromatic N) is 4. The molecule has 1 unspecified atom stereocenters. The molecule has 1 atom stereocenters. The number of halogens is 1. The Balaban J connectivity index is 1.51. The van der Waals surface area contributed by atoms with Crippen molar-refractivity contribution in [3.05, 3.63) is 70.7 Å². The fourth-order valence-electron chi connectivity index (χ4n) is 4.52. The Labute approximate surface area is 194 Å². The molecule has 0 bridgehead atoms. The van der Waals surface area contributed by atoms with Crippen LogP contribution in [-0.2, 0) is 11.2 Å². The second kappa shape index (κ2) is 10.8. The van der Waals surface area contributed by atoms with Gasteiger partial charge in [0, 0.05) is 37.8 Å². The van der Waals surface area contributed by atoms with Crippen LogP contribution in [-0.4, -0.2) is 59.5 Å². The molecule has 2 heterocycles. The van der Waals surface area contributed by atoms with Crippen LogP contribution in [0.3, 0.4) is 0 Å². The number of piperidine rings is 1. The lowest BCUT2D eigenvalue weighted by Gasteiger charge is -2.42. The van der Waals surface area contributed by atoms with E-state index in [1.54, 1.807) is 7.11 Å². The highest BCUT2D eigenvalue weighted by molar-refractivity contribution is 6.30. The van der Waals surface area contributed by atoms with Crippen molar-refractivity contribution in [3.63, 3.8) is 0 Å². The number of aromatic amines is 1. The van der Waals surface area contributed by atoms with Crippen molar-refractivity contribution in [2.24, 2.45) is 0 Å². The van der Waals surface area contributed by atoms with Crippen molar-refractivity contribution >= 4 is 23.5 Å². The number of aromatic nitrogens is 3. The van der Waals surface area contributed by atoms with Gasteiger partial charge in [-0.05, 0) is 42.5 Å². The smallest absolute Gasteiger partial charge is 0.246 e. The van der Waals surface area contributed by atoms with Crippen molar-refractivity contribution in [1.82, 2.24) is 20.1 Å². The van der Waals surface area contributed by atoms with Gasteiger partial charge in [0.2, 0.25) is 11.9 Å². The second-order valence-electron chi connectivity index (χ2n) is 8.23. The van der Waals surface area contributed by atoms with Crippen LogP contribution in [0.4, 0.5) is 11.9 Å². The van der Waals surface area contributed by atoms with Crippen LogP contribution < -0.4 is 10.6 Å². The number of hydrogen-bond donors (Lipinski definition) is 2. The third-order valence-electron chi connectivity index (χ3n) is 6.19. The normalized spacial score (nSPS) is 15.9. The van der Waals surface area contributed by atoms with Crippen LogP contribution in [0, 0.1) is 0 Å². The minimum atomic E-state index is 0.198. The largest absolute Gasteiger partial charge is 0.383 e. The number of anilines is 2. The fraction of sp³-hybridized carbons (Fsp3) is 0.417. The maximum Gasteiger partial charge on any atom is 0.246 e. The average molecular weight is 455 g/mol. The van der Waals surface area contributed by atoms with Crippen molar-refractivity contribution in [1.29, 1.82) is 0 Å². The summed E-state index contributed by atoms with van der Waals surface area (Å²) < 4.78 is 5.68. The molecule has 32 heavy (non-hydrogen) atoms. The van der Waals surface area contributed by atoms with Crippen molar-refractivity contribution in [2.75, 3.05) is 44.0 Å². The number of hydrogen-bond acceptors (Lipinski definition) is 6. The fourth-order valence-corrected chi connectivity index (χ4v) is 4.65. The minimum absolute atomic E-state index is 0.198. The molecule has 0 saturated carbocycles. The number of nitrogens with two attached hydrogens (primary N) is 1. The first-order valence-corrected chi connectivity index (χ1v) is 11.5. The summed E-state index contributed by atoms with van der Waals surface area (Å²) in [5, 5.41) is 7.73. The molecule has 0 amide bonds. The summed E-state index contributed by atoms with van der Waals surface area (Å²) in [5.41, 5.74) is 8.29. The standard InChI is InChI=1S/C24H31ClN6O/c1-32-17-22(19-5-3-2-4-6-19)31(16-11-18-7-9-20(25)10-8-18)21-12-14-30(15-13-21)24-27-23(26)28-29-24/h2-10,21-22H,11-17H2,1H3,(H3,26,27,28,29). The van der Waals surface area contributed by atoms with E-state index in [2.05, 4.69) is 67.4 Å². The van der Waals surface area contributed by atoms with Crippen LogP contribution in [0.5, 0.6) is 0 Å². The molecule has 2 aromatic carbocycles. The topological polar surface area (TPSA) is 83.3 Å². The molecule has 0 spiro atoms. The van der Waals surface area contributed by atoms with Crippen LogP contribution in [0.25, 0.3) is 0 Å². The van der Waals surface area contributed by atoms with Gasteiger partial charge in [-0.25, -0.2) is 5.10 Å². The minimum Gasteiger partial charge on any atom is -0.383 e. The molecule has 3 aromatic rings. The molecular weight excluding hydrogens is 424 g/mol. The molecule has 3 N–H and O–H groups in total. The average Bonchev–Trinajstić information content (AvgIpc) is 3.27. The molecule has 8 heteroatoms. The first-order valence-electron chi connectivity index (χ1n) is 11.1. The molecule has 7 nitrogen and oxygen atoms in total. The monoisotopic (exact) mass is 454 g/mol. The number of nitrogens with one attached hydrogen (secondary N) is 1. The van der Waals surface area contributed by atoms with E-state index in [0.29, 0.717) is 24.5 Å². The Morgan fingerprint density at radius 2 is 1.88 bits per heavy atom. The summed E-state index contributed by atoms with van der Waals surface area (Å²) in [6.07, 6.45) is 3.02. The summed E-state index contributed by atoms with van der Waals surface area (Å²) in [5.74, 6) is 1.04. The summed E-state index contributed by atoms with van der Waals surface area (Å²) in [4.78, 5) is 9.12. The Morgan fingerprint density at radius 3 is 2.50 bits per heavy atom. The maximum absolute atomic E-state index is 6.08. The predicted molar refractivity (Wildman–Crippen MR) is 129 cm³/mol. The molecule has 0 radical (unpaired) electrons. The summed E-state index contributed by atoms with van der Waals surface area (Å²) in [6, 6.07) is 19.5. The van der Waals surface area contributed by atoms with Crippen LogP contribution >= 0.6 is 11.6 Å². The van der Waals surface area contributed by atoms with Gasteiger partial charge in [0.25, 0.3) is 0 Å². The lowest BCUT2D eigenvalue weighted by atomic mass is 9.97. The zero-order chi connectivity index (χ0) is 22.3. The van der Waals surface area contributed by atoms with Crippen LogP contribution in [0.2, 0.25) is 5.02 Å². The lowest BCUT2D eigenvalue weighted by molar-refractivity contribution is 0.0511. The number of rotatable bonds is 9. The first-order chi connectivity index (χ1) is 15.6. The third-order valence-corrected chi connectivity index (χ3v) is 6.44. The van der Waals surface area contributed by atoms with Gasteiger partial charge < -0.3 is 15.4 Å². The SMILES string of the molecule is COCC(c1ccccc1)N(CCc1ccc(Cl)cc1)C1CCN(c2n[nH]c(N)n2)CC1. The molecule has 1 aliphatic heterocycles. The van der Waals surface area contributed by atoms with Crippen molar-refractivity contribution in [2.45, 2.75) is 31.3 Å². The molecule has 1 saturated heterocycles. The Morgan fingerprint density at radius 1 is 1.16 bits per heavy atom. The highest BCUT2D eigenvalue weighted by Gasteiger charge is 2.31. The van der Waals surface area contributed by atoms with E-state index in [4.69, 9.17) is 22.1 Å². The van der Waals surface area contributed by atoms with E-state index < -0.39 is 0 Å². The molecule has 1 fully saturated rings. The Bertz CT molecular complexity index is 956. The van der Waals surface area contributed by atoms with Crippen molar-refractivity contribution < 1.29 is 4.74 Å². The highest BCUT2D eigenvalue weighted by Crippen LogP contribution is 2.29. The van der Waals surface area contributed by atoms with Crippen LogP contribution in [0.15, 0.2) is 54.6 Å². The van der Waals surface area contributed by atoms with Gasteiger partial charge in [0.1, 0.15) is 0 Å². The molecular formula is C24H31ClN6O. The number of nitrogen functional groups attached to an aromatic ring is 1. The van der Waals surface area contributed by atoms with E-state index in [9.17, 15) is 0 Å². The van der Waals surface area contributed by atoms with E-state index in [1.165, 1.54) is 11.1 Å². The number of benzene rings is 2. The molecule has 4 rings (SSSR count). The van der Waals surface area contributed by atoms with Gasteiger partial charge >= 0.3 is 0 Å². The van der Waals surface area contributed by atoms with Crippen molar-refractivity contribution in [3.8, 4) is 0 Å². The van der Waals surface area contributed by atoms with Gasteiger partial charge in [-0.2, -0.15) is 4.98 Å². The van der Waals surface area contributed by atoms with E-state index in [0.717, 1.165) is 43.9 Å². The Kier molecular flexibility index (Phi) is 7.63. The van der Waals surface area contributed by atoms with E-state index in [-0.39, 0.29) is 6.04 Å². The van der Waals surface area contributed by atoms with E-state index in [1.807, 2.05) is 12.1 Å². The molecule has 170 valence electrons. The zero-order valence-electron chi connectivity index (χ0n) is 18.5. The number of methoxy groups -OCH3 is 1. The zero-order valence-corrected chi connectivity index (χ0v) is 19.2. The third kappa shape index (κ3) is 5.59. The molecule has 0 aliphatic carbocycles. The maximum atomic E-state index is 6.08. The number of ether oxygens (including phenoxy) is 1. The summed E-state index contributed by atoms with van der Waals surface area (Å²) >= 11 is 6.08.